The molecule has 0 bridgehead atoms. The van der Waals surface area contributed by atoms with E-state index in [1.165, 1.54) is 11.3 Å². The summed E-state index contributed by atoms with van der Waals surface area (Å²) in [7, 11) is 0. The lowest BCUT2D eigenvalue weighted by molar-refractivity contribution is 0.0372. The van der Waals surface area contributed by atoms with E-state index in [0.29, 0.717) is 6.54 Å². The first-order valence-corrected chi connectivity index (χ1v) is 6.45. The number of hydrogen-bond acceptors (Lipinski definition) is 4. The third-order valence-corrected chi connectivity index (χ3v) is 3.98. The van der Waals surface area contributed by atoms with Crippen molar-refractivity contribution in [3.05, 3.63) is 20.8 Å². The molecule has 1 saturated heterocycles. The SMILES string of the molecule is O=C(CN1CCOCC1)c1ccc(Br)s1. The second kappa shape index (κ2) is 5.21. The van der Waals surface area contributed by atoms with E-state index in [0.717, 1.165) is 35.0 Å². The van der Waals surface area contributed by atoms with Crippen molar-refractivity contribution in [3.63, 3.8) is 0 Å². The van der Waals surface area contributed by atoms with Crippen molar-refractivity contribution < 1.29 is 9.53 Å². The summed E-state index contributed by atoms with van der Waals surface area (Å²) in [6, 6.07) is 3.79. The smallest absolute Gasteiger partial charge is 0.186 e. The Morgan fingerprint density at radius 3 is 2.80 bits per heavy atom. The Bertz CT molecular complexity index is 347. The number of carbonyl (C=O) groups excluding carboxylic acids is 1. The van der Waals surface area contributed by atoms with E-state index in [4.69, 9.17) is 4.74 Å². The number of carbonyl (C=O) groups is 1. The van der Waals surface area contributed by atoms with Crippen LogP contribution in [-0.4, -0.2) is 43.5 Å². The zero-order valence-corrected chi connectivity index (χ0v) is 10.6. The van der Waals surface area contributed by atoms with E-state index in [-0.39, 0.29) is 5.78 Å². The van der Waals surface area contributed by atoms with Gasteiger partial charge in [0.15, 0.2) is 5.78 Å². The van der Waals surface area contributed by atoms with Gasteiger partial charge in [-0.15, -0.1) is 11.3 Å². The lowest BCUT2D eigenvalue weighted by atomic mass is 10.3. The van der Waals surface area contributed by atoms with Crippen LogP contribution in [-0.2, 0) is 4.74 Å². The van der Waals surface area contributed by atoms with Crippen LogP contribution in [0.1, 0.15) is 9.67 Å². The molecule has 1 aromatic rings. The summed E-state index contributed by atoms with van der Waals surface area (Å²) in [6.07, 6.45) is 0. The van der Waals surface area contributed by atoms with Crippen molar-refractivity contribution in [2.45, 2.75) is 0 Å². The quantitative estimate of drug-likeness (QED) is 0.798. The number of Topliss-reactive ketones (excluding diaryl/α,β-unsaturated/α-hetero) is 1. The van der Waals surface area contributed by atoms with Gasteiger partial charge in [-0.05, 0) is 28.1 Å². The minimum atomic E-state index is 0.201. The monoisotopic (exact) mass is 289 g/mol. The maximum Gasteiger partial charge on any atom is 0.186 e. The van der Waals surface area contributed by atoms with E-state index < -0.39 is 0 Å². The molecule has 0 radical (unpaired) electrons. The molecule has 82 valence electrons. The average Bonchev–Trinajstić information content (AvgIpc) is 2.66. The Labute approximate surface area is 101 Å². The highest BCUT2D eigenvalue weighted by Crippen LogP contribution is 2.22. The van der Waals surface area contributed by atoms with Crippen LogP contribution in [0.5, 0.6) is 0 Å². The van der Waals surface area contributed by atoms with Crippen molar-refractivity contribution in [2.75, 3.05) is 32.8 Å². The Kier molecular flexibility index (Phi) is 3.91. The maximum absolute atomic E-state index is 11.8. The Hall–Kier alpha value is -0.230. The van der Waals surface area contributed by atoms with Crippen LogP contribution < -0.4 is 0 Å². The van der Waals surface area contributed by atoms with Crippen molar-refractivity contribution in [1.29, 1.82) is 0 Å². The summed E-state index contributed by atoms with van der Waals surface area (Å²) in [6.45, 7) is 3.70. The lowest BCUT2D eigenvalue weighted by Gasteiger charge is -2.25. The van der Waals surface area contributed by atoms with Gasteiger partial charge in [0, 0.05) is 13.1 Å². The number of halogens is 1. The molecule has 15 heavy (non-hydrogen) atoms. The number of morpholine rings is 1. The first kappa shape index (κ1) is 11.3. The van der Waals surface area contributed by atoms with Crippen LogP contribution in [0.3, 0.4) is 0 Å². The minimum Gasteiger partial charge on any atom is -0.379 e. The predicted octanol–water partition coefficient (Wildman–Crippen LogP) is 2.03. The lowest BCUT2D eigenvalue weighted by Crippen LogP contribution is -2.39. The van der Waals surface area contributed by atoms with Gasteiger partial charge in [0.1, 0.15) is 0 Å². The third-order valence-electron chi connectivity index (χ3n) is 2.32. The summed E-state index contributed by atoms with van der Waals surface area (Å²) in [5, 5.41) is 0. The second-order valence-electron chi connectivity index (χ2n) is 3.42. The standard InChI is InChI=1S/C10H12BrNO2S/c11-10-2-1-9(15-10)8(13)7-12-3-5-14-6-4-12/h1-2H,3-7H2. The van der Waals surface area contributed by atoms with Crippen LogP contribution >= 0.6 is 27.3 Å². The fourth-order valence-electron chi connectivity index (χ4n) is 1.50. The highest BCUT2D eigenvalue weighted by Gasteiger charge is 2.16. The Morgan fingerprint density at radius 2 is 2.20 bits per heavy atom. The van der Waals surface area contributed by atoms with E-state index >= 15 is 0 Å². The molecule has 0 unspecified atom stereocenters. The zero-order chi connectivity index (χ0) is 10.7. The van der Waals surface area contributed by atoms with Crippen LogP contribution in [0.2, 0.25) is 0 Å². The summed E-state index contributed by atoms with van der Waals surface area (Å²) in [5.74, 6) is 0.201. The van der Waals surface area contributed by atoms with Gasteiger partial charge in [0.25, 0.3) is 0 Å². The van der Waals surface area contributed by atoms with Crippen molar-refractivity contribution in [2.24, 2.45) is 0 Å². The molecule has 0 amide bonds. The first-order chi connectivity index (χ1) is 7.25. The van der Waals surface area contributed by atoms with Crippen molar-refractivity contribution in [3.8, 4) is 0 Å². The molecule has 0 N–H and O–H groups in total. The van der Waals surface area contributed by atoms with Gasteiger partial charge in [0.05, 0.1) is 28.4 Å². The van der Waals surface area contributed by atoms with E-state index in [1.807, 2.05) is 12.1 Å². The molecule has 2 rings (SSSR count). The number of ether oxygens (including phenoxy) is 1. The zero-order valence-electron chi connectivity index (χ0n) is 8.24. The van der Waals surface area contributed by atoms with Crippen LogP contribution in [0.25, 0.3) is 0 Å². The van der Waals surface area contributed by atoms with Crippen molar-refractivity contribution >= 4 is 33.0 Å². The molecule has 0 spiro atoms. The number of ketones is 1. The molecule has 1 aliphatic heterocycles. The molecule has 0 atom stereocenters. The number of hydrogen-bond donors (Lipinski definition) is 0. The van der Waals surface area contributed by atoms with Crippen LogP contribution in [0.4, 0.5) is 0 Å². The molecule has 3 nitrogen and oxygen atoms in total. The summed E-state index contributed by atoms with van der Waals surface area (Å²) >= 11 is 4.85. The molecular formula is C10H12BrNO2S. The van der Waals surface area contributed by atoms with E-state index in [1.54, 1.807) is 0 Å². The molecule has 0 aliphatic carbocycles. The molecule has 1 aromatic heterocycles. The highest BCUT2D eigenvalue weighted by molar-refractivity contribution is 9.11. The third kappa shape index (κ3) is 3.11. The summed E-state index contributed by atoms with van der Waals surface area (Å²) in [5.41, 5.74) is 0. The van der Waals surface area contributed by atoms with Crippen LogP contribution in [0, 0.1) is 0 Å². The molecule has 1 aliphatic rings. The topological polar surface area (TPSA) is 29.5 Å². The molecule has 0 aromatic carbocycles. The largest absolute Gasteiger partial charge is 0.379 e. The number of nitrogens with zero attached hydrogens (tertiary/aromatic N) is 1. The number of thiophene rings is 1. The summed E-state index contributed by atoms with van der Waals surface area (Å²) in [4.78, 5) is 14.8. The Balaban J connectivity index is 1.91. The van der Waals surface area contributed by atoms with Gasteiger partial charge in [-0.25, -0.2) is 0 Å². The van der Waals surface area contributed by atoms with E-state index in [9.17, 15) is 4.79 Å². The van der Waals surface area contributed by atoms with Gasteiger partial charge in [0.2, 0.25) is 0 Å². The van der Waals surface area contributed by atoms with Gasteiger partial charge in [-0.2, -0.15) is 0 Å². The van der Waals surface area contributed by atoms with Gasteiger partial charge in [-0.3, -0.25) is 9.69 Å². The fraction of sp³-hybridized carbons (Fsp3) is 0.500. The Morgan fingerprint density at radius 1 is 1.47 bits per heavy atom. The second-order valence-corrected chi connectivity index (χ2v) is 5.88. The number of rotatable bonds is 3. The normalized spacial score (nSPS) is 17.9. The highest BCUT2D eigenvalue weighted by atomic mass is 79.9. The predicted molar refractivity (Wildman–Crippen MR) is 63.6 cm³/mol. The summed E-state index contributed by atoms with van der Waals surface area (Å²) < 4.78 is 6.24. The van der Waals surface area contributed by atoms with E-state index in [2.05, 4.69) is 20.8 Å². The van der Waals surface area contributed by atoms with Crippen molar-refractivity contribution in [1.82, 2.24) is 4.90 Å². The minimum absolute atomic E-state index is 0.201. The maximum atomic E-state index is 11.8. The molecule has 5 heteroatoms. The fourth-order valence-corrected chi connectivity index (χ4v) is 2.82. The van der Waals surface area contributed by atoms with Crippen LogP contribution in [0.15, 0.2) is 15.9 Å². The van der Waals surface area contributed by atoms with Gasteiger partial charge < -0.3 is 4.74 Å². The molecule has 2 heterocycles. The van der Waals surface area contributed by atoms with Gasteiger partial charge >= 0.3 is 0 Å². The molecule has 0 saturated carbocycles. The average molecular weight is 290 g/mol. The first-order valence-electron chi connectivity index (χ1n) is 4.84. The molecule has 1 fully saturated rings. The molecular weight excluding hydrogens is 278 g/mol. The van der Waals surface area contributed by atoms with Gasteiger partial charge in [-0.1, -0.05) is 0 Å².